The predicted molar refractivity (Wildman–Crippen MR) is 62.1 cm³/mol. The van der Waals surface area contributed by atoms with Gasteiger partial charge in [0.1, 0.15) is 0 Å². The zero-order valence-corrected chi connectivity index (χ0v) is 9.47. The van der Waals surface area contributed by atoms with Crippen LogP contribution in [0, 0.1) is 0 Å². The molecule has 2 rings (SSSR count). The van der Waals surface area contributed by atoms with Crippen LogP contribution in [0.25, 0.3) is 0 Å². The monoisotopic (exact) mass is 219 g/mol. The van der Waals surface area contributed by atoms with Gasteiger partial charge in [0.05, 0.1) is 12.1 Å². The maximum Gasteiger partial charge on any atom is 0.151 e. The van der Waals surface area contributed by atoms with Crippen molar-refractivity contribution in [3.05, 3.63) is 35.9 Å². The molecule has 0 spiro atoms. The van der Waals surface area contributed by atoms with Crippen molar-refractivity contribution in [1.29, 1.82) is 0 Å². The Labute approximate surface area is 95.7 Å². The third-order valence-corrected chi connectivity index (χ3v) is 3.06. The SMILES string of the molecule is CC(=O)C(c1ccccc1)N1CC[C@H](O)C1. The standard InChI is InChI=1S/C13H17NO2/c1-10(15)13(11-5-3-2-4-6-11)14-8-7-12(16)9-14/h2-6,12-13,16H,7-9H2,1H3/t12-,13?/m0/s1. The van der Waals surface area contributed by atoms with Crippen molar-refractivity contribution in [2.75, 3.05) is 13.1 Å². The topological polar surface area (TPSA) is 40.5 Å². The lowest BCUT2D eigenvalue weighted by molar-refractivity contribution is -0.122. The van der Waals surface area contributed by atoms with E-state index in [1.165, 1.54) is 0 Å². The summed E-state index contributed by atoms with van der Waals surface area (Å²) in [6, 6.07) is 9.57. The summed E-state index contributed by atoms with van der Waals surface area (Å²) in [6.07, 6.45) is 0.474. The summed E-state index contributed by atoms with van der Waals surface area (Å²) in [7, 11) is 0. The lowest BCUT2D eigenvalue weighted by Crippen LogP contribution is -2.31. The summed E-state index contributed by atoms with van der Waals surface area (Å²) >= 11 is 0. The number of Topliss-reactive ketones (excluding diaryl/α,β-unsaturated/α-hetero) is 1. The van der Waals surface area contributed by atoms with Gasteiger partial charge in [0, 0.05) is 13.1 Å². The van der Waals surface area contributed by atoms with E-state index in [1.54, 1.807) is 6.92 Å². The molecule has 2 atom stereocenters. The molecule has 86 valence electrons. The summed E-state index contributed by atoms with van der Waals surface area (Å²) in [5.74, 6) is 0.139. The number of ketones is 1. The van der Waals surface area contributed by atoms with E-state index < -0.39 is 0 Å². The maximum atomic E-state index is 11.7. The number of carbonyl (C=O) groups excluding carboxylic acids is 1. The molecule has 1 fully saturated rings. The molecule has 1 heterocycles. The Kier molecular flexibility index (Phi) is 3.36. The Hall–Kier alpha value is -1.19. The van der Waals surface area contributed by atoms with Gasteiger partial charge in [0.2, 0.25) is 0 Å². The number of hydrogen-bond donors (Lipinski definition) is 1. The molecule has 0 saturated carbocycles. The van der Waals surface area contributed by atoms with Gasteiger partial charge in [0.15, 0.2) is 5.78 Å². The van der Waals surface area contributed by atoms with E-state index in [0.29, 0.717) is 6.54 Å². The van der Waals surface area contributed by atoms with Crippen molar-refractivity contribution in [2.24, 2.45) is 0 Å². The number of aliphatic hydroxyl groups is 1. The van der Waals surface area contributed by atoms with E-state index in [-0.39, 0.29) is 17.9 Å². The number of rotatable bonds is 3. The van der Waals surface area contributed by atoms with E-state index in [9.17, 15) is 9.90 Å². The van der Waals surface area contributed by atoms with E-state index >= 15 is 0 Å². The van der Waals surface area contributed by atoms with E-state index in [4.69, 9.17) is 0 Å². The molecule has 16 heavy (non-hydrogen) atoms. The van der Waals surface area contributed by atoms with E-state index in [0.717, 1.165) is 18.5 Å². The molecular weight excluding hydrogens is 202 g/mol. The number of carbonyl (C=O) groups is 1. The second-order valence-corrected chi connectivity index (χ2v) is 4.36. The minimum absolute atomic E-state index is 0.139. The fourth-order valence-corrected chi connectivity index (χ4v) is 2.34. The number of benzene rings is 1. The molecule has 1 saturated heterocycles. The lowest BCUT2D eigenvalue weighted by atomic mass is 10.0. The summed E-state index contributed by atoms with van der Waals surface area (Å²) in [6.45, 7) is 3.00. The van der Waals surface area contributed by atoms with Crippen LogP contribution in [-0.4, -0.2) is 35.0 Å². The summed E-state index contributed by atoms with van der Waals surface area (Å²) in [5, 5.41) is 9.52. The number of β-amino-alcohol motifs (C(OH)–C–C–N with tert-alkyl or cyclic N) is 1. The lowest BCUT2D eigenvalue weighted by Gasteiger charge is -2.25. The van der Waals surface area contributed by atoms with Crippen LogP contribution in [0.2, 0.25) is 0 Å². The van der Waals surface area contributed by atoms with Crippen molar-refractivity contribution >= 4 is 5.78 Å². The number of likely N-dealkylation sites (tertiary alicyclic amines) is 1. The second-order valence-electron chi connectivity index (χ2n) is 4.36. The van der Waals surface area contributed by atoms with Crippen LogP contribution >= 0.6 is 0 Å². The molecule has 1 aromatic carbocycles. The van der Waals surface area contributed by atoms with Crippen LogP contribution in [0.1, 0.15) is 24.9 Å². The average molecular weight is 219 g/mol. The summed E-state index contributed by atoms with van der Waals surface area (Å²) < 4.78 is 0. The third-order valence-electron chi connectivity index (χ3n) is 3.06. The zero-order valence-electron chi connectivity index (χ0n) is 9.47. The highest BCUT2D eigenvalue weighted by Gasteiger charge is 2.30. The van der Waals surface area contributed by atoms with Crippen LogP contribution in [0.4, 0.5) is 0 Å². The number of nitrogens with zero attached hydrogens (tertiary/aromatic N) is 1. The van der Waals surface area contributed by atoms with Gasteiger partial charge in [-0.1, -0.05) is 30.3 Å². The van der Waals surface area contributed by atoms with E-state index in [2.05, 4.69) is 4.90 Å². The minimum Gasteiger partial charge on any atom is -0.392 e. The van der Waals surface area contributed by atoms with Crippen LogP contribution in [0.3, 0.4) is 0 Å². The highest BCUT2D eigenvalue weighted by molar-refractivity contribution is 5.82. The second kappa shape index (κ2) is 4.76. The van der Waals surface area contributed by atoms with Gasteiger partial charge < -0.3 is 5.11 Å². The van der Waals surface area contributed by atoms with Crippen LogP contribution in [0.15, 0.2) is 30.3 Å². The Balaban J connectivity index is 2.21. The fourth-order valence-electron chi connectivity index (χ4n) is 2.34. The molecule has 1 aromatic rings. The van der Waals surface area contributed by atoms with E-state index in [1.807, 2.05) is 30.3 Å². The average Bonchev–Trinajstić information content (AvgIpc) is 2.66. The minimum atomic E-state index is -0.287. The molecule has 0 aliphatic carbocycles. The Bertz CT molecular complexity index is 363. The molecule has 0 bridgehead atoms. The maximum absolute atomic E-state index is 11.7. The molecule has 1 aliphatic heterocycles. The highest BCUT2D eigenvalue weighted by atomic mass is 16.3. The molecule has 0 aromatic heterocycles. The molecule has 0 radical (unpaired) electrons. The first-order chi connectivity index (χ1) is 7.68. The third kappa shape index (κ3) is 2.31. The van der Waals surface area contributed by atoms with Crippen molar-refractivity contribution in [1.82, 2.24) is 4.90 Å². The largest absolute Gasteiger partial charge is 0.392 e. The van der Waals surface area contributed by atoms with Crippen molar-refractivity contribution in [3.8, 4) is 0 Å². The smallest absolute Gasteiger partial charge is 0.151 e. The molecule has 1 N–H and O–H groups in total. The van der Waals surface area contributed by atoms with Crippen molar-refractivity contribution in [2.45, 2.75) is 25.5 Å². The predicted octanol–water partition coefficient (Wildman–Crippen LogP) is 1.38. The Morgan fingerprint density at radius 2 is 2.12 bits per heavy atom. The van der Waals surface area contributed by atoms with Gasteiger partial charge in [-0.25, -0.2) is 0 Å². The molecule has 0 amide bonds. The van der Waals surface area contributed by atoms with Gasteiger partial charge in [-0.15, -0.1) is 0 Å². The first kappa shape index (κ1) is 11.3. The van der Waals surface area contributed by atoms with Gasteiger partial charge in [-0.2, -0.15) is 0 Å². The van der Waals surface area contributed by atoms with Gasteiger partial charge in [-0.3, -0.25) is 9.69 Å². The van der Waals surface area contributed by atoms with Gasteiger partial charge in [-0.05, 0) is 18.9 Å². The molecule has 3 nitrogen and oxygen atoms in total. The number of hydrogen-bond acceptors (Lipinski definition) is 3. The molecule has 1 aliphatic rings. The zero-order chi connectivity index (χ0) is 11.5. The Morgan fingerprint density at radius 1 is 1.44 bits per heavy atom. The fraction of sp³-hybridized carbons (Fsp3) is 0.462. The molecule has 1 unspecified atom stereocenters. The van der Waals surface area contributed by atoms with Crippen molar-refractivity contribution < 1.29 is 9.90 Å². The summed E-state index contributed by atoms with van der Waals surface area (Å²) in [5.41, 5.74) is 1.02. The quantitative estimate of drug-likeness (QED) is 0.835. The molecule has 3 heteroatoms. The van der Waals surface area contributed by atoms with Crippen LogP contribution in [-0.2, 0) is 4.79 Å². The normalized spacial score (nSPS) is 23.2. The highest BCUT2D eigenvalue weighted by Crippen LogP contribution is 2.25. The Morgan fingerprint density at radius 3 is 2.62 bits per heavy atom. The van der Waals surface area contributed by atoms with Crippen LogP contribution < -0.4 is 0 Å². The van der Waals surface area contributed by atoms with Crippen molar-refractivity contribution in [3.63, 3.8) is 0 Å². The van der Waals surface area contributed by atoms with Gasteiger partial charge >= 0.3 is 0 Å². The summed E-state index contributed by atoms with van der Waals surface area (Å²) in [4.78, 5) is 13.8. The number of aliphatic hydroxyl groups excluding tert-OH is 1. The first-order valence-corrected chi connectivity index (χ1v) is 5.66. The molecular formula is C13H17NO2. The van der Waals surface area contributed by atoms with Gasteiger partial charge in [0.25, 0.3) is 0 Å². The van der Waals surface area contributed by atoms with Crippen LogP contribution in [0.5, 0.6) is 0 Å². The first-order valence-electron chi connectivity index (χ1n) is 5.66.